The Hall–Kier alpha value is -0.530. The van der Waals surface area contributed by atoms with Crippen LogP contribution in [0.4, 0.5) is 0 Å². The number of ketones is 1. The Morgan fingerprint density at radius 2 is 1.83 bits per heavy atom. The number of benzene rings is 1. The van der Waals surface area contributed by atoms with Gasteiger partial charge in [-0.3, -0.25) is 4.79 Å². The van der Waals surface area contributed by atoms with Crippen molar-refractivity contribution < 1.29 is 4.79 Å². The summed E-state index contributed by atoms with van der Waals surface area (Å²) >= 11 is 11.9. The van der Waals surface area contributed by atoms with E-state index in [9.17, 15) is 4.79 Å². The lowest BCUT2D eigenvalue weighted by atomic mass is 9.86. The minimum Gasteiger partial charge on any atom is -0.299 e. The van der Waals surface area contributed by atoms with Gasteiger partial charge in [0.15, 0.2) is 0 Å². The first-order chi connectivity index (χ1) is 8.66. The average molecular weight is 285 g/mol. The van der Waals surface area contributed by atoms with E-state index in [0.29, 0.717) is 15.8 Å². The molecule has 1 saturated carbocycles. The van der Waals surface area contributed by atoms with Crippen LogP contribution in [0.15, 0.2) is 18.2 Å². The van der Waals surface area contributed by atoms with Crippen LogP contribution in [0.5, 0.6) is 0 Å². The molecule has 1 nitrogen and oxygen atoms in total. The van der Waals surface area contributed by atoms with Gasteiger partial charge in [0.05, 0.1) is 10.0 Å². The summed E-state index contributed by atoms with van der Waals surface area (Å²) in [6, 6.07) is 5.67. The number of carbonyl (C=O) groups excluding carboxylic acids is 1. The molecule has 0 spiro atoms. The van der Waals surface area contributed by atoms with Crippen molar-refractivity contribution >= 4 is 29.0 Å². The fraction of sp³-hybridized carbons (Fsp3) is 0.533. The van der Waals surface area contributed by atoms with Crippen molar-refractivity contribution in [3.05, 3.63) is 33.8 Å². The summed E-state index contributed by atoms with van der Waals surface area (Å²) in [5.41, 5.74) is 1.11. The number of Topliss-reactive ketones (excluding diaryl/α,β-unsaturated/α-hetero) is 1. The van der Waals surface area contributed by atoms with Crippen molar-refractivity contribution in [2.24, 2.45) is 5.92 Å². The Morgan fingerprint density at radius 3 is 2.61 bits per heavy atom. The zero-order valence-electron chi connectivity index (χ0n) is 10.4. The van der Waals surface area contributed by atoms with Crippen molar-refractivity contribution in [2.45, 2.75) is 44.9 Å². The van der Waals surface area contributed by atoms with E-state index in [2.05, 4.69) is 0 Å². The number of hydrogen-bond donors (Lipinski definition) is 0. The molecule has 1 aliphatic carbocycles. The molecule has 2 rings (SSSR count). The lowest BCUT2D eigenvalue weighted by Crippen LogP contribution is -2.18. The Morgan fingerprint density at radius 1 is 1.06 bits per heavy atom. The Labute approximate surface area is 118 Å². The molecule has 0 amide bonds. The molecular weight excluding hydrogens is 267 g/mol. The highest BCUT2D eigenvalue weighted by molar-refractivity contribution is 6.42. The van der Waals surface area contributed by atoms with Crippen molar-refractivity contribution in [2.75, 3.05) is 0 Å². The molecule has 1 aromatic rings. The molecule has 0 heterocycles. The van der Waals surface area contributed by atoms with E-state index >= 15 is 0 Å². The summed E-state index contributed by atoms with van der Waals surface area (Å²) in [6.07, 6.45) is 7.23. The number of halogens is 2. The average Bonchev–Trinajstić information content (AvgIpc) is 2.33. The smallest absolute Gasteiger partial charge is 0.136 e. The topological polar surface area (TPSA) is 17.1 Å². The van der Waals surface area contributed by atoms with E-state index in [1.165, 1.54) is 12.8 Å². The number of hydrogen-bond acceptors (Lipinski definition) is 1. The van der Waals surface area contributed by atoms with Crippen molar-refractivity contribution in [3.8, 4) is 0 Å². The predicted molar refractivity (Wildman–Crippen MR) is 76.4 cm³/mol. The normalized spacial score (nSPS) is 21.4. The third-order valence-corrected chi connectivity index (χ3v) is 4.39. The van der Waals surface area contributed by atoms with Gasteiger partial charge in [0.2, 0.25) is 0 Å². The molecule has 1 unspecified atom stereocenters. The maximum absolute atomic E-state index is 12.1. The molecule has 98 valence electrons. The third-order valence-electron chi connectivity index (χ3n) is 3.65. The molecule has 0 aliphatic heterocycles. The number of carbonyl (C=O) groups is 1. The van der Waals surface area contributed by atoms with Crippen LogP contribution in [0.3, 0.4) is 0 Å². The summed E-state index contributed by atoms with van der Waals surface area (Å²) in [7, 11) is 0. The van der Waals surface area contributed by atoms with Gasteiger partial charge in [-0.2, -0.15) is 0 Å². The van der Waals surface area contributed by atoms with Gasteiger partial charge in [-0.05, 0) is 37.0 Å². The van der Waals surface area contributed by atoms with E-state index in [-0.39, 0.29) is 5.92 Å². The molecule has 1 aliphatic rings. The maximum atomic E-state index is 12.1. The maximum Gasteiger partial charge on any atom is 0.136 e. The van der Waals surface area contributed by atoms with Crippen LogP contribution in [0.2, 0.25) is 10.0 Å². The zero-order chi connectivity index (χ0) is 13.0. The SMILES string of the molecule is O=C1CCCCCCC1Cc1ccc(Cl)c(Cl)c1. The minimum atomic E-state index is 0.169. The van der Waals surface area contributed by atoms with Crippen LogP contribution >= 0.6 is 23.2 Å². The molecule has 0 N–H and O–H groups in total. The van der Waals surface area contributed by atoms with Gasteiger partial charge in [0, 0.05) is 12.3 Å². The minimum absolute atomic E-state index is 0.169. The van der Waals surface area contributed by atoms with E-state index in [0.717, 1.165) is 37.7 Å². The van der Waals surface area contributed by atoms with Crippen LogP contribution in [-0.4, -0.2) is 5.78 Å². The molecular formula is C15H18Cl2O. The zero-order valence-corrected chi connectivity index (χ0v) is 11.9. The summed E-state index contributed by atoms with van der Waals surface area (Å²) in [4.78, 5) is 12.1. The monoisotopic (exact) mass is 284 g/mol. The fourth-order valence-electron chi connectivity index (χ4n) is 2.58. The van der Waals surface area contributed by atoms with Gasteiger partial charge >= 0.3 is 0 Å². The summed E-state index contributed by atoms with van der Waals surface area (Å²) < 4.78 is 0. The van der Waals surface area contributed by atoms with Gasteiger partial charge in [-0.1, -0.05) is 48.5 Å². The molecule has 3 heteroatoms. The standard InChI is InChI=1S/C15H18Cl2O/c16-13-8-7-11(10-14(13)17)9-12-5-3-1-2-4-6-15(12)18/h7-8,10,12H,1-6,9H2. The molecule has 0 aromatic heterocycles. The molecule has 1 atom stereocenters. The molecule has 0 bridgehead atoms. The summed E-state index contributed by atoms with van der Waals surface area (Å²) in [5.74, 6) is 0.586. The highest BCUT2D eigenvalue weighted by atomic mass is 35.5. The Balaban J connectivity index is 2.05. The van der Waals surface area contributed by atoms with Gasteiger partial charge in [-0.25, -0.2) is 0 Å². The summed E-state index contributed by atoms with van der Waals surface area (Å²) in [5, 5.41) is 1.15. The van der Waals surface area contributed by atoms with E-state index in [1.54, 1.807) is 0 Å². The second kappa shape index (κ2) is 6.58. The van der Waals surface area contributed by atoms with E-state index < -0.39 is 0 Å². The Bertz CT molecular complexity index is 429. The molecule has 18 heavy (non-hydrogen) atoms. The largest absolute Gasteiger partial charge is 0.299 e. The molecule has 0 radical (unpaired) electrons. The van der Waals surface area contributed by atoms with Gasteiger partial charge in [0.1, 0.15) is 5.78 Å². The first-order valence-electron chi connectivity index (χ1n) is 6.63. The first kappa shape index (κ1) is 13.9. The van der Waals surface area contributed by atoms with Crippen LogP contribution in [0, 0.1) is 5.92 Å². The van der Waals surface area contributed by atoms with Crippen LogP contribution < -0.4 is 0 Å². The van der Waals surface area contributed by atoms with Crippen molar-refractivity contribution in [3.63, 3.8) is 0 Å². The quantitative estimate of drug-likeness (QED) is 0.741. The fourth-order valence-corrected chi connectivity index (χ4v) is 2.90. The first-order valence-corrected chi connectivity index (χ1v) is 7.39. The summed E-state index contributed by atoms with van der Waals surface area (Å²) in [6.45, 7) is 0. The lowest BCUT2D eigenvalue weighted by molar-refractivity contribution is -0.123. The Kier molecular flexibility index (Phi) is 5.08. The van der Waals surface area contributed by atoms with Crippen molar-refractivity contribution in [1.29, 1.82) is 0 Å². The highest BCUT2D eigenvalue weighted by Crippen LogP contribution is 2.27. The molecule has 1 fully saturated rings. The van der Waals surface area contributed by atoms with Gasteiger partial charge < -0.3 is 0 Å². The molecule has 1 aromatic carbocycles. The second-order valence-electron chi connectivity index (χ2n) is 5.07. The van der Waals surface area contributed by atoms with E-state index in [4.69, 9.17) is 23.2 Å². The second-order valence-corrected chi connectivity index (χ2v) is 5.88. The predicted octanol–water partition coefficient (Wildman–Crippen LogP) is 5.08. The van der Waals surface area contributed by atoms with Crippen molar-refractivity contribution in [1.82, 2.24) is 0 Å². The molecule has 0 saturated heterocycles. The highest BCUT2D eigenvalue weighted by Gasteiger charge is 2.20. The van der Waals surface area contributed by atoms with E-state index in [1.807, 2.05) is 18.2 Å². The van der Waals surface area contributed by atoms with Gasteiger partial charge in [-0.15, -0.1) is 0 Å². The van der Waals surface area contributed by atoms with Crippen LogP contribution in [0.1, 0.15) is 44.1 Å². The lowest BCUT2D eigenvalue weighted by Gasteiger charge is -2.18. The van der Waals surface area contributed by atoms with Gasteiger partial charge in [0.25, 0.3) is 0 Å². The van der Waals surface area contributed by atoms with Crippen LogP contribution in [-0.2, 0) is 11.2 Å². The number of rotatable bonds is 2. The van der Waals surface area contributed by atoms with Crippen LogP contribution in [0.25, 0.3) is 0 Å². The third kappa shape index (κ3) is 3.73.